The second-order valence-electron chi connectivity index (χ2n) is 5.64. The third-order valence-corrected chi connectivity index (χ3v) is 4.81. The Balaban J connectivity index is 2.00. The molecule has 0 aromatic carbocycles. The molecule has 1 fully saturated rings. The van der Waals surface area contributed by atoms with Crippen molar-refractivity contribution < 1.29 is 4.79 Å². The standard InChI is InChI=1S/C14H19N5OS/c1-3-16-13-17-10(9-4-7-21-11(9)18-13)19-6-5-14(2,8-19)12(15)20/h4,7H,3,5-6,8H2,1-2H3,(H2,15,20)(H,16,17,18). The predicted molar refractivity (Wildman–Crippen MR) is 85.7 cm³/mol. The fourth-order valence-electron chi connectivity index (χ4n) is 2.66. The number of primary amides is 1. The van der Waals surface area contributed by atoms with Gasteiger partial charge in [0.1, 0.15) is 10.6 Å². The van der Waals surface area contributed by atoms with E-state index < -0.39 is 5.41 Å². The minimum Gasteiger partial charge on any atom is -0.369 e. The zero-order chi connectivity index (χ0) is 15.0. The first-order valence-corrected chi connectivity index (χ1v) is 7.95. The second kappa shape index (κ2) is 5.14. The average Bonchev–Trinajstić information content (AvgIpc) is 3.05. The number of hydrogen-bond acceptors (Lipinski definition) is 6. The van der Waals surface area contributed by atoms with Crippen molar-refractivity contribution in [2.24, 2.45) is 11.1 Å². The van der Waals surface area contributed by atoms with Crippen LogP contribution in [0.2, 0.25) is 0 Å². The van der Waals surface area contributed by atoms with Gasteiger partial charge in [0.05, 0.1) is 10.8 Å². The van der Waals surface area contributed by atoms with Gasteiger partial charge in [-0.3, -0.25) is 4.79 Å². The van der Waals surface area contributed by atoms with Crippen molar-refractivity contribution in [1.82, 2.24) is 9.97 Å². The minimum atomic E-state index is -0.481. The quantitative estimate of drug-likeness (QED) is 0.900. The van der Waals surface area contributed by atoms with Gasteiger partial charge in [0.25, 0.3) is 0 Å². The number of amides is 1. The molecule has 3 rings (SSSR count). The Morgan fingerprint density at radius 2 is 2.38 bits per heavy atom. The van der Waals surface area contributed by atoms with Gasteiger partial charge in [-0.15, -0.1) is 11.3 Å². The summed E-state index contributed by atoms with van der Waals surface area (Å²) in [5.74, 6) is 1.28. The first-order valence-electron chi connectivity index (χ1n) is 7.07. The zero-order valence-electron chi connectivity index (χ0n) is 12.2. The molecule has 1 saturated heterocycles. The van der Waals surface area contributed by atoms with Gasteiger partial charge in [0, 0.05) is 19.6 Å². The molecule has 3 heterocycles. The van der Waals surface area contributed by atoms with Crippen LogP contribution in [0, 0.1) is 5.41 Å². The number of carbonyl (C=O) groups is 1. The van der Waals surface area contributed by atoms with Gasteiger partial charge in [-0.25, -0.2) is 4.98 Å². The molecule has 1 amide bonds. The highest BCUT2D eigenvalue weighted by atomic mass is 32.1. The van der Waals surface area contributed by atoms with E-state index in [0.29, 0.717) is 12.5 Å². The number of nitrogens with zero attached hydrogens (tertiary/aromatic N) is 3. The van der Waals surface area contributed by atoms with Crippen LogP contribution in [0.15, 0.2) is 11.4 Å². The number of fused-ring (bicyclic) bond motifs is 1. The summed E-state index contributed by atoms with van der Waals surface area (Å²) >= 11 is 1.60. The van der Waals surface area contributed by atoms with Crippen molar-refractivity contribution in [3.8, 4) is 0 Å². The number of nitrogens with two attached hydrogens (primary N) is 1. The third-order valence-electron chi connectivity index (χ3n) is 4.01. The number of anilines is 2. The summed E-state index contributed by atoms with van der Waals surface area (Å²) in [4.78, 5) is 23.9. The Bertz CT molecular complexity index is 685. The van der Waals surface area contributed by atoms with E-state index in [1.54, 1.807) is 11.3 Å². The van der Waals surface area contributed by atoms with Crippen LogP contribution >= 0.6 is 11.3 Å². The van der Waals surface area contributed by atoms with E-state index in [4.69, 9.17) is 5.73 Å². The molecule has 112 valence electrons. The maximum atomic E-state index is 11.6. The first-order chi connectivity index (χ1) is 10.0. The molecule has 2 aromatic rings. The largest absolute Gasteiger partial charge is 0.369 e. The van der Waals surface area contributed by atoms with E-state index in [1.807, 2.05) is 25.3 Å². The van der Waals surface area contributed by atoms with E-state index in [9.17, 15) is 4.79 Å². The van der Waals surface area contributed by atoms with Crippen LogP contribution in [0.1, 0.15) is 20.3 Å². The number of carbonyl (C=O) groups excluding carboxylic acids is 1. The fourth-order valence-corrected chi connectivity index (χ4v) is 3.42. The molecule has 21 heavy (non-hydrogen) atoms. The monoisotopic (exact) mass is 305 g/mol. The van der Waals surface area contributed by atoms with E-state index in [0.717, 1.165) is 35.5 Å². The number of hydrogen-bond donors (Lipinski definition) is 2. The second-order valence-corrected chi connectivity index (χ2v) is 6.53. The Hall–Kier alpha value is -1.89. The van der Waals surface area contributed by atoms with Crippen molar-refractivity contribution >= 4 is 39.2 Å². The summed E-state index contributed by atoms with van der Waals surface area (Å²) in [5, 5.41) is 6.22. The number of nitrogens with one attached hydrogen (secondary N) is 1. The van der Waals surface area contributed by atoms with Gasteiger partial charge in [0.15, 0.2) is 0 Å². The lowest BCUT2D eigenvalue weighted by molar-refractivity contribution is -0.125. The normalized spacial score (nSPS) is 21.9. The van der Waals surface area contributed by atoms with Crippen molar-refractivity contribution in [2.75, 3.05) is 29.9 Å². The highest BCUT2D eigenvalue weighted by Crippen LogP contribution is 2.36. The van der Waals surface area contributed by atoms with Crippen LogP contribution in [-0.2, 0) is 4.79 Å². The van der Waals surface area contributed by atoms with Crippen LogP contribution in [0.3, 0.4) is 0 Å². The zero-order valence-corrected chi connectivity index (χ0v) is 13.0. The van der Waals surface area contributed by atoms with Crippen molar-refractivity contribution in [3.05, 3.63) is 11.4 Å². The molecule has 1 aliphatic rings. The molecule has 1 aliphatic heterocycles. The Kier molecular flexibility index (Phi) is 3.44. The molecular weight excluding hydrogens is 286 g/mol. The SMILES string of the molecule is CCNc1nc(N2CCC(C)(C(N)=O)C2)c2ccsc2n1. The van der Waals surface area contributed by atoms with Gasteiger partial charge in [-0.2, -0.15) is 4.98 Å². The number of rotatable bonds is 4. The molecule has 2 aromatic heterocycles. The topological polar surface area (TPSA) is 84.1 Å². The van der Waals surface area contributed by atoms with Crippen LogP contribution < -0.4 is 16.0 Å². The summed E-state index contributed by atoms with van der Waals surface area (Å²) in [6, 6.07) is 2.03. The summed E-state index contributed by atoms with van der Waals surface area (Å²) in [6.07, 6.45) is 0.758. The van der Waals surface area contributed by atoms with Crippen molar-refractivity contribution in [2.45, 2.75) is 20.3 Å². The molecule has 0 spiro atoms. The van der Waals surface area contributed by atoms with Crippen LogP contribution in [0.4, 0.5) is 11.8 Å². The lowest BCUT2D eigenvalue weighted by Gasteiger charge is -2.22. The number of thiophene rings is 1. The average molecular weight is 305 g/mol. The maximum absolute atomic E-state index is 11.6. The summed E-state index contributed by atoms with van der Waals surface area (Å²) in [5.41, 5.74) is 5.05. The summed E-state index contributed by atoms with van der Waals surface area (Å²) < 4.78 is 0. The Morgan fingerprint density at radius 3 is 3.05 bits per heavy atom. The molecule has 6 nitrogen and oxygen atoms in total. The molecule has 1 unspecified atom stereocenters. The van der Waals surface area contributed by atoms with Crippen LogP contribution in [0.5, 0.6) is 0 Å². The van der Waals surface area contributed by atoms with Crippen LogP contribution in [-0.4, -0.2) is 35.5 Å². The minimum absolute atomic E-state index is 0.243. The smallest absolute Gasteiger partial charge is 0.226 e. The lowest BCUT2D eigenvalue weighted by Crippen LogP contribution is -2.37. The lowest BCUT2D eigenvalue weighted by atomic mass is 9.89. The molecule has 7 heteroatoms. The molecule has 0 aliphatic carbocycles. The molecule has 0 radical (unpaired) electrons. The number of aromatic nitrogens is 2. The Morgan fingerprint density at radius 1 is 1.57 bits per heavy atom. The predicted octanol–water partition coefficient (Wildman–Crippen LogP) is 1.82. The summed E-state index contributed by atoms with van der Waals surface area (Å²) in [7, 11) is 0. The third kappa shape index (κ3) is 2.42. The first kappa shape index (κ1) is 14.1. The van der Waals surface area contributed by atoms with E-state index in [-0.39, 0.29) is 5.91 Å². The van der Waals surface area contributed by atoms with E-state index >= 15 is 0 Å². The maximum Gasteiger partial charge on any atom is 0.226 e. The fraction of sp³-hybridized carbons (Fsp3) is 0.500. The van der Waals surface area contributed by atoms with Gasteiger partial charge in [0.2, 0.25) is 11.9 Å². The van der Waals surface area contributed by atoms with Crippen molar-refractivity contribution in [3.63, 3.8) is 0 Å². The van der Waals surface area contributed by atoms with Gasteiger partial charge in [-0.05, 0) is 31.7 Å². The van der Waals surface area contributed by atoms with E-state index in [1.165, 1.54) is 0 Å². The molecule has 1 atom stereocenters. The van der Waals surface area contributed by atoms with Gasteiger partial charge < -0.3 is 16.0 Å². The van der Waals surface area contributed by atoms with Crippen molar-refractivity contribution in [1.29, 1.82) is 0 Å². The van der Waals surface area contributed by atoms with E-state index in [2.05, 4.69) is 20.2 Å². The molecule has 0 bridgehead atoms. The molecular formula is C14H19N5OS. The molecule has 0 saturated carbocycles. The molecule has 3 N–H and O–H groups in total. The van der Waals surface area contributed by atoms with Gasteiger partial charge >= 0.3 is 0 Å². The highest BCUT2D eigenvalue weighted by Gasteiger charge is 2.39. The van der Waals surface area contributed by atoms with Gasteiger partial charge in [-0.1, -0.05) is 0 Å². The highest BCUT2D eigenvalue weighted by molar-refractivity contribution is 7.16. The van der Waals surface area contributed by atoms with Crippen LogP contribution in [0.25, 0.3) is 10.2 Å². The summed E-state index contributed by atoms with van der Waals surface area (Å²) in [6.45, 7) is 6.10. The Labute approximate surface area is 127 Å².